The number of ketones is 1. The first-order valence-electron chi connectivity index (χ1n) is 7.47. The fourth-order valence-electron chi connectivity index (χ4n) is 2.06. The van der Waals surface area contributed by atoms with Crippen LogP contribution in [-0.2, 0) is 0 Å². The van der Waals surface area contributed by atoms with E-state index in [9.17, 15) is 4.79 Å². The number of rotatable bonds is 9. The van der Waals surface area contributed by atoms with Crippen LogP contribution in [0.3, 0.4) is 0 Å². The Hall–Kier alpha value is -1.66. The minimum Gasteiger partial charge on any atom is -0.296 e. The van der Waals surface area contributed by atoms with Crippen molar-refractivity contribution in [1.82, 2.24) is 4.90 Å². The second-order valence-electron chi connectivity index (χ2n) is 5.10. The minimum atomic E-state index is 0.140. The van der Waals surface area contributed by atoms with E-state index in [1.807, 2.05) is 0 Å². The van der Waals surface area contributed by atoms with E-state index < -0.39 is 0 Å². The first-order valence-corrected chi connectivity index (χ1v) is 7.47. The van der Waals surface area contributed by atoms with E-state index in [1.54, 1.807) is 24.3 Å². The average Bonchev–Trinajstić information content (AvgIpc) is 2.49. The number of carbonyl (C=O) groups is 1. The lowest BCUT2D eigenvalue weighted by Crippen LogP contribution is -2.31. The summed E-state index contributed by atoms with van der Waals surface area (Å²) in [6.07, 6.45) is 4.55. The first-order chi connectivity index (χ1) is 9.71. The molecular weight excluding hydrogens is 248 g/mol. The fourth-order valence-corrected chi connectivity index (χ4v) is 2.06. The van der Waals surface area contributed by atoms with Crippen LogP contribution in [0.1, 0.15) is 55.5 Å². The Morgan fingerprint density at radius 1 is 1.10 bits per heavy atom. The summed E-state index contributed by atoms with van der Waals surface area (Å²) in [5.41, 5.74) is 1.29. The Morgan fingerprint density at radius 2 is 1.65 bits per heavy atom. The topological polar surface area (TPSA) is 44.1 Å². The molecule has 0 saturated heterocycles. The van der Waals surface area contributed by atoms with Crippen LogP contribution in [0, 0.1) is 11.3 Å². The van der Waals surface area contributed by atoms with Crippen LogP contribution in [0.5, 0.6) is 0 Å². The van der Waals surface area contributed by atoms with Crippen LogP contribution < -0.4 is 0 Å². The molecule has 0 aliphatic rings. The number of unbranched alkanes of at least 4 members (excludes halogenated alkanes) is 2. The lowest BCUT2D eigenvalue weighted by atomic mass is 10.1. The average molecular weight is 272 g/mol. The number of nitriles is 1. The summed E-state index contributed by atoms with van der Waals surface area (Å²) in [5, 5.41) is 8.76. The molecule has 1 aromatic carbocycles. The predicted molar refractivity (Wildman–Crippen MR) is 81.7 cm³/mol. The molecule has 0 saturated carbocycles. The molecule has 20 heavy (non-hydrogen) atoms. The molecule has 0 N–H and O–H groups in total. The second-order valence-corrected chi connectivity index (χ2v) is 5.10. The highest BCUT2D eigenvalue weighted by Gasteiger charge is 2.12. The molecule has 1 aromatic rings. The van der Waals surface area contributed by atoms with Gasteiger partial charge in [0.15, 0.2) is 5.78 Å². The Bertz CT molecular complexity index is 437. The second kappa shape index (κ2) is 9.28. The van der Waals surface area contributed by atoms with E-state index in [0.29, 0.717) is 17.7 Å². The molecule has 0 heterocycles. The van der Waals surface area contributed by atoms with Gasteiger partial charge in [-0.2, -0.15) is 5.26 Å². The monoisotopic (exact) mass is 272 g/mol. The molecule has 108 valence electrons. The largest absolute Gasteiger partial charge is 0.296 e. The molecule has 0 aliphatic carbocycles. The zero-order valence-electron chi connectivity index (χ0n) is 12.6. The summed E-state index contributed by atoms with van der Waals surface area (Å²) in [6, 6.07) is 8.97. The van der Waals surface area contributed by atoms with Gasteiger partial charge in [-0.05, 0) is 38.1 Å². The van der Waals surface area contributed by atoms with Gasteiger partial charge in [0.25, 0.3) is 0 Å². The molecular formula is C17H24N2O. The normalized spacial score (nSPS) is 10.5. The third-order valence-corrected chi connectivity index (χ3v) is 3.36. The van der Waals surface area contributed by atoms with Crippen LogP contribution in [0.15, 0.2) is 24.3 Å². The molecule has 3 heteroatoms. The smallest absolute Gasteiger partial charge is 0.176 e. The number of hydrogen-bond donors (Lipinski definition) is 0. The molecule has 1 rings (SSSR count). The van der Waals surface area contributed by atoms with Crippen LogP contribution in [0.2, 0.25) is 0 Å². The molecule has 3 nitrogen and oxygen atoms in total. The number of carbonyl (C=O) groups excluding carboxylic acids is 1. The quantitative estimate of drug-likeness (QED) is 0.645. The summed E-state index contributed by atoms with van der Waals surface area (Å²) in [4.78, 5) is 14.5. The van der Waals surface area contributed by atoms with Gasteiger partial charge in [0.1, 0.15) is 0 Å². The minimum absolute atomic E-state index is 0.140. The van der Waals surface area contributed by atoms with Crippen molar-refractivity contribution in [1.29, 1.82) is 5.26 Å². The highest BCUT2D eigenvalue weighted by Crippen LogP contribution is 2.07. The van der Waals surface area contributed by atoms with E-state index in [4.69, 9.17) is 5.26 Å². The summed E-state index contributed by atoms with van der Waals surface area (Å²) < 4.78 is 0. The third kappa shape index (κ3) is 5.54. The Labute approximate surface area is 122 Å². The van der Waals surface area contributed by atoms with Crippen molar-refractivity contribution < 1.29 is 4.79 Å². The number of hydrogen-bond acceptors (Lipinski definition) is 3. The Morgan fingerprint density at radius 3 is 2.10 bits per heavy atom. The van der Waals surface area contributed by atoms with Gasteiger partial charge in [-0.1, -0.05) is 38.8 Å². The zero-order valence-corrected chi connectivity index (χ0v) is 12.6. The maximum absolute atomic E-state index is 12.3. The third-order valence-electron chi connectivity index (χ3n) is 3.36. The van der Waals surface area contributed by atoms with Gasteiger partial charge in [0.05, 0.1) is 18.2 Å². The Kier molecular flexibility index (Phi) is 7.60. The molecule has 0 amide bonds. The lowest BCUT2D eigenvalue weighted by molar-refractivity contribution is 0.0928. The predicted octanol–water partition coefficient (Wildman–Crippen LogP) is 3.64. The maximum Gasteiger partial charge on any atom is 0.176 e. The number of benzene rings is 1. The number of nitrogens with zero attached hydrogens (tertiary/aromatic N) is 2. The molecule has 0 aliphatic heterocycles. The summed E-state index contributed by atoms with van der Waals surface area (Å²) in [5.74, 6) is 0.140. The van der Waals surface area contributed by atoms with Gasteiger partial charge in [-0.25, -0.2) is 0 Å². The molecule has 0 radical (unpaired) electrons. The van der Waals surface area contributed by atoms with E-state index in [0.717, 1.165) is 38.8 Å². The highest BCUT2D eigenvalue weighted by molar-refractivity contribution is 5.97. The van der Waals surface area contributed by atoms with Crippen LogP contribution in [0.4, 0.5) is 0 Å². The molecule has 0 unspecified atom stereocenters. The lowest BCUT2D eigenvalue weighted by Gasteiger charge is -2.21. The van der Waals surface area contributed by atoms with Crippen molar-refractivity contribution in [2.24, 2.45) is 0 Å². The van der Waals surface area contributed by atoms with Gasteiger partial charge in [-0.3, -0.25) is 9.69 Å². The van der Waals surface area contributed by atoms with Gasteiger partial charge in [0.2, 0.25) is 0 Å². The SMILES string of the molecule is CCCCN(CCCC)CC(=O)c1ccc(C#N)cc1. The first kappa shape index (κ1) is 16.4. The van der Waals surface area contributed by atoms with Crippen LogP contribution >= 0.6 is 0 Å². The van der Waals surface area contributed by atoms with Crippen LogP contribution in [0.25, 0.3) is 0 Å². The maximum atomic E-state index is 12.3. The standard InChI is InChI=1S/C17H24N2O/c1-3-5-11-19(12-6-4-2)14-17(20)16-9-7-15(13-18)8-10-16/h7-10H,3-6,11-12,14H2,1-2H3. The van der Waals surface area contributed by atoms with E-state index in [1.165, 1.54) is 0 Å². The molecule has 0 spiro atoms. The molecule has 0 aromatic heterocycles. The molecule has 0 fully saturated rings. The highest BCUT2D eigenvalue weighted by atomic mass is 16.1. The van der Waals surface area contributed by atoms with Crippen molar-refractivity contribution in [3.63, 3.8) is 0 Å². The zero-order chi connectivity index (χ0) is 14.8. The van der Waals surface area contributed by atoms with Gasteiger partial charge < -0.3 is 0 Å². The van der Waals surface area contributed by atoms with Gasteiger partial charge >= 0.3 is 0 Å². The van der Waals surface area contributed by atoms with Crippen molar-refractivity contribution in [3.05, 3.63) is 35.4 Å². The summed E-state index contributed by atoms with van der Waals surface area (Å²) in [6.45, 7) is 6.78. The van der Waals surface area contributed by atoms with Crippen LogP contribution in [-0.4, -0.2) is 30.3 Å². The Balaban J connectivity index is 2.61. The molecule has 0 bridgehead atoms. The van der Waals surface area contributed by atoms with Gasteiger partial charge in [-0.15, -0.1) is 0 Å². The molecule has 0 atom stereocenters. The van der Waals surface area contributed by atoms with E-state index in [-0.39, 0.29) is 5.78 Å². The van der Waals surface area contributed by atoms with Gasteiger partial charge in [0, 0.05) is 5.56 Å². The summed E-state index contributed by atoms with van der Waals surface area (Å²) in [7, 11) is 0. The number of Topliss-reactive ketones (excluding diaryl/α,β-unsaturated/α-hetero) is 1. The van der Waals surface area contributed by atoms with Crippen molar-refractivity contribution in [2.45, 2.75) is 39.5 Å². The fraction of sp³-hybridized carbons (Fsp3) is 0.529. The summed E-state index contributed by atoms with van der Waals surface area (Å²) >= 11 is 0. The van der Waals surface area contributed by atoms with Crippen molar-refractivity contribution >= 4 is 5.78 Å². The van der Waals surface area contributed by atoms with E-state index >= 15 is 0 Å². The van der Waals surface area contributed by atoms with E-state index in [2.05, 4.69) is 24.8 Å². The van der Waals surface area contributed by atoms with Crippen molar-refractivity contribution in [2.75, 3.05) is 19.6 Å². The van der Waals surface area contributed by atoms with Crippen molar-refractivity contribution in [3.8, 4) is 6.07 Å².